The molecule has 0 atom stereocenters. The molecule has 0 spiro atoms. The van der Waals surface area contributed by atoms with Crippen molar-refractivity contribution in [2.45, 2.75) is 11.8 Å². The third-order valence-electron chi connectivity index (χ3n) is 1.30. The Morgan fingerprint density at radius 3 is 2.70 bits per heavy atom. The van der Waals surface area contributed by atoms with Crippen LogP contribution in [0.4, 0.5) is 9.57 Å². The van der Waals surface area contributed by atoms with Crippen molar-refractivity contribution in [2.75, 3.05) is 5.73 Å². The molecule has 0 saturated heterocycles. The van der Waals surface area contributed by atoms with E-state index in [0.717, 1.165) is 5.56 Å². The van der Waals surface area contributed by atoms with Gasteiger partial charge < -0.3 is 5.73 Å². The van der Waals surface area contributed by atoms with E-state index in [-0.39, 0.29) is 12.1 Å². The topological polar surface area (TPSA) is 26.0 Å². The highest BCUT2D eigenvalue weighted by Gasteiger charge is 1.97. The second-order valence-corrected chi connectivity index (χ2v) is 2.70. The van der Waals surface area contributed by atoms with Gasteiger partial charge in [0.1, 0.15) is 0 Å². The number of nitrogens with two attached hydrogens (primary N) is 1. The summed E-state index contributed by atoms with van der Waals surface area (Å²) in [4.78, 5) is 0.597. The Balaban J connectivity index is 3.09. The molecule has 1 rings (SSSR count). The first-order valence-corrected chi connectivity index (χ1v) is 3.60. The Morgan fingerprint density at radius 1 is 1.50 bits per heavy atom. The molecule has 0 aliphatic carbocycles. The molecule has 1 nitrogen and oxygen atoms in total. The molecule has 10 heavy (non-hydrogen) atoms. The number of benzene rings is 1. The van der Waals surface area contributed by atoms with Crippen molar-refractivity contribution >= 4 is 17.8 Å². The maximum Gasteiger partial charge on any atom is 0.0815 e. The van der Waals surface area contributed by atoms with Gasteiger partial charge >= 0.3 is 0 Å². The van der Waals surface area contributed by atoms with Crippen LogP contribution >= 0.6 is 12.1 Å². The van der Waals surface area contributed by atoms with Crippen LogP contribution in [0.15, 0.2) is 23.1 Å². The third kappa shape index (κ3) is 1.42. The molecule has 1 aromatic carbocycles. The Morgan fingerprint density at radius 2 is 2.20 bits per heavy atom. The first-order valence-electron chi connectivity index (χ1n) is 2.89. The summed E-state index contributed by atoms with van der Waals surface area (Å²) in [5.74, 6) is 0. The number of hydrogen-bond donors (Lipinski definition) is 1. The monoisotopic (exact) mass is 157 g/mol. The quantitative estimate of drug-likeness (QED) is 0.634. The molecular weight excluding hydrogens is 149 g/mol. The maximum absolute atomic E-state index is 12.0. The molecule has 0 amide bonds. The van der Waals surface area contributed by atoms with Crippen molar-refractivity contribution in [1.82, 2.24) is 0 Å². The molecule has 0 aromatic heterocycles. The van der Waals surface area contributed by atoms with Crippen LogP contribution in [0.5, 0.6) is 0 Å². The number of hydrogen-bond acceptors (Lipinski definition) is 2. The molecule has 0 heterocycles. The summed E-state index contributed by atoms with van der Waals surface area (Å²) in [5, 5.41) is 0. The first kappa shape index (κ1) is 7.41. The number of halogens is 1. The lowest BCUT2D eigenvalue weighted by Crippen LogP contribution is -1.85. The first-order chi connectivity index (χ1) is 4.74. The fourth-order valence-electron chi connectivity index (χ4n) is 0.700. The number of nitrogen functional groups attached to an aromatic ring is 1. The second-order valence-electron chi connectivity index (χ2n) is 2.10. The van der Waals surface area contributed by atoms with Gasteiger partial charge in [0, 0.05) is 10.6 Å². The Hall–Kier alpha value is -0.700. The van der Waals surface area contributed by atoms with Crippen LogP contribution < -0.4 is 5.73 Å². The zero-order valence-corrected chi connectivity index (χ0v) is 6.41. The molecule has 3 heteroatoms. The van der Waals surface area contributed by atoms with E-state index in [1.807, 2.05) is 6.92 Å². The molecule has 2 N–H and O–H groups in total. The minimum absolute atomic E-state index is 0.230. The van der Waals surface area contributed by atoms with Gasteiger partial charge in [0.05, 0.1) is 12.1 Å². The van der Waals surface area contributed by atoms with E-state index in [1.165, 1.54) is 0 Å². The van der Waals surface area contributed by atoms with E-state index >= 15 is 0 Å². The SMILES string of the molecule is Cc1ccc(N)cc1SF. The fourth-order valence-corrected chi connectivity index (χ4v) is 1.07. The normalized spacial score (nSPS) is 9.80. The summed E-state index contributed by atoms with van der Waals surface area (Å²) in [6, 6.07) is 5.19. The van der Waals surface area contributed by atoms with Gasteiger partial charge in [-0.05, 0) is 24.6 Å². The smallest absolute Gasteiger partial charge is 0.0815 e. The fraction of sp³-hybridized carbons (Fsp3) is 0.143. The zero-order chi connectivity index (χ0) is 7.56. The average Bonchev–Trinajstić information content (AvgIpc) is 1.94. The molecule has 0 unspecified atom stereocenters. The van der Waals surface area contributed by atoms with Crippen LogP contribution in [0.1, 0.15) is 5.56 Å². The highest BCUT2D eigenvalue weighted by Crippen LogP contribution is 2.24. The molecule has 0 aliphatic rings. The summed E-state index contributed by atoms with van der Waals surface area (Å²) in [6.07, 6.45) is 0. The summed E-state index contributed by atoms with van der Waals surface area (Å²) in [6.45, 7) is 1.85. The van der Waals surface area contributed by atoms with Gasteiger partial charge in [-0.1, -0.05) is 6.07 Å². The van der Waals surface area contributed by atoms with E-state index in [4.69, 9.17) is 5.73 Å². The van der Waals surface area contributed by atoms with Gasteiger partial charge in [-0.2, -0.15) is 3.89 Å². The van der Waals surface area contributed by atoms with Crippen molar-refractivity contribution in [1.29, 1.82) is 0 Å². The molecule has 1 aromatic rings. The Labute approximate surface area is 63.7 Å². The van der Waals surface area contributed by atoms with E-state index in [1.54, 1.807) is 18.2 Å². The molecule has 0 bridgehead atoms. The molecule has 0 fully saturated rings. The van der Waals surface area contributed by atoms with Crippen molar-refractivity contribution in [3.05, 3.63) is 23.8 Å². The minimum Gasteiger partial charge on any atom is -0.399 e. The highest BCUT2D eigenvalue weighted by atomic mass is 32.2. The third-order valence-corrected chi connectivity index (χ3v) is 1.90. The van der Waals surface area contributed by atoms with Crippen LogP contribution in [0.3, 0.4) is 0 Å². The van der Waals surface area contributed by atoms with Crippen LogP contribution in [0, 0.1) is 6.92 Å². The van der Waals surface area contributed by atoms with Crippen molar-refractivity contribution in [2.24, 2.45) is 0 Å². The standard InChI is InChI=1S/C7H8FNS/c1-5-2-3-6(9)4-7(5)10-8/h2-4H,9H2,1H3. The van der Waals surface area contributed by atoms with Crippen LogP contribution in [0.2, 0.25) is 0 Å². The predicted molar refractivity (Wildman–Crippen MR) is 42.6 cm³/mol. The molecule has 0 aliphatic heterocycles. The molecule has 54 valence electrons. The number of rotatable bonds is 1. The minimum atomic E-state index is 0.230. The van der Waals surface area contributed by atoms with Gasteiger partial charge in [0.25, 0.3) is 0 Å². The van der Waals surface area contributed by atoms with Crippen LogP contribution in [-0.4, -0.2) is 0 Å². The van der Waals surface area contributed by atoms with Crippen LogP contribution in [-0.2, 0) is 0 Å². The summed E-state index contributed by atoms with van der Waals surface area (Å²) < 4.78 is 12.0. The summed E-state index contributed by atoms with van der Waals surface area (Å²) in [5.41, 5.74) is 6.94. The van der Waals surface area contributed by atoms with Crippen molar-refractivity contribution < 1.29 is 3.89 Å². The number of anilines is 1. The van der Waals surface area contributed by atoms with Crippen molar-refractivity contribution in [3.63, 3.8) is 0 Å². The predicted octanol–water partition coefficient (Wildman–Crippen LogP) is 2.55. The summed E-state index contributed by atoms with van der Waals surface area (Å²) in [7, 11) is 0. The Kier molecular flexibility index (Phi) is 2.17. The van der Waals surface area contributed by atoms with E-state index < -0.39 is 0 Å². The average molecular weight is 157 g/mol. The summed E-state index contributed by atoms with van der Waals surface area (Å²) >= 11 is 0.230. The number of aryl methyl sites for hydroxylation is 1. The van der Waals surface area contributed by atoms with Gasteiger partial charge in [-0.3, -0.25) is 0 Å². The van der Waals surface area contributed by atoms with Gasteiger partial charge in [-0.15, -0.1) is 0 Å². The lowest BCUT2D eigenvalue weighted by Gasteiger charge is -1.99. The highest BCUT2D eigenvalue weighted by molar-refractivity contribution is 7.94. The van der Waals surface area contributed by atoms with E-state index in [9.17, 15) is 3.89 Å². The zero-order valence-electron chi connectivity index (χ0n) is 5.60. The van der Waals surface area contributed by atoms with E-state index in [0.29, 0.717) is 10.6 Å². The van der Waals surface area contributed by atoms with Crippen LogP contribution in [0.25, 0.3) is 0 Å². The largest absolute Gasteiger partial charge is 0.399 e. The molecular formula is C7H8FNS. The maximum atomic E-state index is 12.0. The Bertz CT molecular complexity index is 237. The van der Waals surface area contributed by atoms with Gasteiger partial charge in [-0.25, -0.2) is 0 Å². The van der Waals surface area contributed by atoms with Gasteiger partial charge in [0.2, 0.25) is 0 Å². The van der Waals surface area contributed by atoms with Crippen molar-refractivity contribution in [3.8, 4) is 0 Å². The van der Waals surface area contributed by atoms with E-state index in [2.05, 4.69) is 0 Å². The lowest BCUT2D eigenvalue weighted by atomic mass is 10.2. The second kappa shape index (κ2) is 2.92. The lowest BCUT2D eigenvalue weighted by molar-refractivity contribution is 0.932. The van der Waals surface area contributed by atoms with Gasteiger partial charge in [0.15, 0.2) is 0 Å². The molecule has 0 saturated carbocycles. The molecule has 0 radical (unpaired) electrons.